The summed E-state index contributed by atoms with van der Waals surface area (Å²) in [5.41, 5.74) is 0.590. The molecule has 2 rings (SSSR count). The summed E-state index contributed by atoms with van der Waals surface area (Å²) in [5, 5.41) is 0.583. The van der Waals surface area contributed by atoms with E-state index in [1.807, 2.05) is 0 Å². The van der Waals surface area contributed by atoms with Crippen LogP contribution in [0, 0.1) is 0 Å². The lowest BCUT2D eigenvalue weighted by Crippen LogP contribution is -2.52. The van der Waals surface area contributed by atoms with Crippen LogP contribution in [0.2, 0.25) is 5.02 Å². The third kappa shape index (κ3) is 3.68. The van der Waals surface area contributed by atoms with Crippen LogP contribution in [0.1, 0.15) is 10.4 Å². The number of halogens is 2. The zero-order valence-electron chi connectivity index (χ0n) is 12.0. The minimum Gasteiger partial charge on any atom is -0.335 e. The standard InChI is InChI=1S/C14H17BrClN3O2/c1-17(2)14(21)19-7-5-18(6-8-19)13(20)11-4-3-10(16)9-12(11)15/h3-4,9H,5-8H2,1-2H3. The molecule has 114 valence electrons. The molecule has 1 aromatic rings. The number of amides is 3. The molecule has 0 spiro atoms. The topological polar surface area (TPSA) is 43.9 Å². The second-order valence-electron chi connectivity index (χ2n) is 5.08. The smallest absolute Gasteiger partial charge is 0.319 e. The van der Waals surface area contributed by atoms with Crippen LogP contribution in [-0.2, 0) is 0 Å². The Kier molecular flexibility index (Phi) is 5.11. The van der Waals surface area contributed by atoms with Gasteiger partial charge in [0.2, 0.25) is 0 Å². The molecule has 0 atom stereocenters. The molecule has 0 saturated carbocycles. The first-order valence-corrected chi connectivity index (χ1v) is 7.78. The van der Waals surface area contributed by atoms with Gasteiger partial charge in [0.15, 0.2) is 0 Å². The van der Waals surface area contributed by atoms with E-state index in [2.05, 4.69) is 15.9 Å². The lowest BCUT2D eigenvalue weighted by molar-refractivity contribution is 0.0649. The summed E-state index contributed by atoms with van der Waals surface area (Å²) in [7, 11) is 3.45. The number of hydrogen-bond acceptors (Lipinski definition) is 2. The lowest BCUT2D eigenvalue weighted by atomic mass is 10.2. The fourth-order valence-electron chi connectivity index (χ4n) is 2.22. The Morgan fingerprint density at radius 3 is 2.24 bits per heavy atom. The van der Waals surface area contributed by atoms with Gasteiger partial charge in [-0.05, 0) is 34.1 Å². The first-order chi connectivity index (χ1) is 9.90. The summed E-state index contributed by atoms with van der Waals surface area (Å²) in [5.74, 6) is -0.0458. The van der Waals surface area contributed by atoms with Crippen molar-refractivity contribution in [1.29, 1.82) is 0 Å². The second-order valence-corrected chi connectivity index (χ2v) is 6.37. The molecule has 1 fully saturated rings. The maximum absolute atomic E-state index is 12.5. The van der Waals surface area contributed by atoms with E-state index in [1.54, 1.807) is 47.0 Å². The van der Waals surface area contributed by atoms with E-state index < -0.39 is 0 Å². The van der Waals surface area contributed by atoms with Crippen LogP contribution in [0.25, 0.3) is 0 Å². The van der Waals surface area contributed by atoms with Gasteiger partial charge < -0.3 is 14.7 Å². The van der Waals surface area contributed by atoms with Gasteiger partial charge >= 0.3 is 6.03 Å². The third-order valence-corrected chi connectivity index (χ3v) is 4.27. The monoisotopic (exact) mass is 373 g/mol. The third-order valence-electron chi connectivity index (χ3n) is 3.38. The molecule has 3 amide bonds. The number of benzene rings is 1. The molecule has 1 aromatic carbocycles. The van der Waals surface area contributed by atoms with Crippen molar-refractivity contribution in [2.75, 3.05) is 40.3 Å². The molecule has 0 unspecified atom stereocenters. The summed E-state index contributed by atoms with van der Waals surface area (Å²) < 4.78 is 0.687. The van der Waals surface area contributed by atoms with Crippen molar-refractivity contribution >= 4 is 39.5 Å². The van der Waals surface area contributed by atoms with Crippen LogP contribution in [0.15, 0.2) is 22.7 Å². The van der Waals surface area contributed by atoms with Crippen LogP contribution in [-0.4, -0.2) is 66.9 Å². The van der Waals surface area contributed by atoms with E-state index in [1.165, 1.54) is 0 Å². The Bertz CT molecular complexity index is 557. The molecule has 5 nitrogen and oxygen atoms in total. The van der Waals surface area contributed by atoms with Crippen molar-refractivity contribution in [3.8, 4) is 0 Å². The van der Waals surface area contributed by atoms with Gasteiger partial charge in [-0.2, -0.15) is 0 Å². The number of nitrogens with zero attached hydrogens (tertiary/aromatic N) is 3. The maximum Gasteiger partial charge on any atom is 0.319 e. The van der Waals surface area contributed by atoms with Gasteiger partial charge in [0.25, 0.3) is 5.91 Å². The molecular weight excluding hydrogens is 358 g/mol. The molecule has 1 heterocycles. The molecule has 0 radical (unpaired) electrons. The van der Waals surface area contributed by atoms with Gasteiger partial charge in [0.1, 0.15) is 0 Å². The highest BCUT2D eigenvalue weighted by molar-refractivity contribution is 9.10. The summed E-state index contributed by atoms with van der Waals surface area (Å²) in [4.78, 5) is 29.4. The Morgan fingerprint density at radius 1 is 1.14 bits per heavy atom. The van der Waals surface area contributed by atoms with Gasteiger partial charge in [-0.25, -0.2) is 4.79 Å². The molecule has 0 aromatic heterocycles. The van der Waals surface area contributed by atoms with Crippen molar-refractivity contribution in [3.63, 3.8) is 0 Å². The maximum atomic E-state index is 12.5. The van der Waals surface area contributed by atoms with Crippen LogP contribution >= 0.6 is 27.5 Å². The zero-order valence-corrected chi connectivity index (χ0v) is 14.3. The van der Waals surface area contributed by atoms with Gasteiger partial charge in [-0.3, -0.25) is 4.79 Å². The van der Waals surface area contributed by atoms with E-state index >= 15 is 0 Å². The largest absolute Gasteiger partial charge is 0.335 e. The summed E-state index contributed by atoms with van der Waals surface area (Å²) >= 11 is 9.25. The lowest BCUT2D eigenvalue weighted by Gasteiger charge is -2.36. The van der Waals surface area contributed by atoms with Crippen molar-refractivity contribution in [2.45, 2.75) is 0 Å². The average molecular weight is 375 g/mol. The van der Waals surface area contributed by atoms with E-state index in [-0.39, 0.29) is 11.9 Å². The minimum atomic E-state index is -0.0458. The first kappa shape index (κ1) is 16.1. The highest BCUT2D eigenvalue weighted by atomic mass is 79.9. The number of carbonyl (C=O) groups is 2. The highest BCUT2D eigenvalue weighted by Crippen LogP contribution is 2.23. The Labute approximate surface area is 137 Å². The molecule has 0 aliphatic carbocycles. The first-order valence-electron chi connectivity index (χ1n) is 6.60. The van der Waals surface area contributed by atoms with Crippen molar-refractivity contribution in [1.82, 2.24) is 14.7 Å². The molecular formula is C14H17BrClN3O2. The van der Waals surface area contributed by atoms with E-state index in [9.17, 15) is 9.59 Å². The number of hydrogen-bond donors (Lipinski definition) is 0. The number of carbonyl (C=O) groups excluding carboxylic acids is 2. The summed E-state index contributed by atoms with van der Waals surface area (Å²) in [6.07, 6.45) is 0. The number of urea groups is 1. The van der Waals surface area contributed by atoms with Crippen LogP contribution < -0.4 is 0 Å². The molecule has 7 heteroatoms. The Hall–Kier alpha value is -1.27. The number of rotatable bonds is 1. The van der Waals surface area contributed by atoms with Crippen LogP contribution in [0.4, 0.5) is 4.79 Å². The Balaban J connectivity index is 2.02. The number of piperazine rings is 1. The molecule has 0 N–H and O–H groups in total. The van der Waals surface area contributed by atoms with Gasteiger partial charge in [-0.1, -0.05) is 11.6 Å². The van der Waals surface area contributed by atoms with Gasteiger partial charge in [0.05, 0.1) is 5.56 Å². The zero-order chi connectivity index (χ0) is 15.6. The molecule has 21 heavy (non-hydrogen) atoms. The molecule has 1 aliphatic heterocycles. The van der Waals surface area contributed by atoms with Crippen molar-refractivity contribution < 1.29 is 9.59 Å². The minimum absolute atomic E-state index is 0.0187. The second kappa shape index (κ2) is 6.66. The fourth-order valence-corrected chi connectivity index (χ4v) is 3.07. The quantitative estimate of drug-likeness (QED) is 0.758. The summed E-state index contributed by atoms with van der Waals surface area (Å²) in [6.45, 7) is 2.17. The van der Waals surface area contributed by atoms with E-state index in [0.29, 0.717) is 41.2 Å². The molecule has 0 bridgehead atoms. The van der Waals surface area contributed by atoms with Crippen molar-refractivity contribution in [2.24, 2.45) is 0 Å². The van der Waals surface area contributed by atoms with Gasteiger partial charge in [-0.15, -0.1) is 0 Å². The Morgan fingerprint density at radius 2 is 1.71 bits per heavy atom. The fraction of sp³-hybridized carbons (Fsp3) is 0.429. The van der Waals surface area contributed by atoms with E-state index in [4.69, 9.17) is 11.6 Å². The summed E-state index contributed by atoms with van der Waals surface area (Å²) in [6, 6.07) is 5.10. The predicted molar refractivity (Wildman–Crippen MR) is 85.7 cm³/mol. The van der Waals surface area contributed by atoms with E-state index in [0.717, 1.165) is 0 Å². The molecule has 1 saturated heterocycles. The van der Waals surface area contributed by atoms with Crippen LogP contribution in [0.5, 0.6) is 0 Å². The molecule has 1 aliphatic rings. The van der Waals surface area contributed by atoms with Gasteiger partial charge in [0, 0.05) is 49.8 Å². The normalized spacial score (nSPS) is 15.0. The SMILES string of the molecule is CN(C)C(=O)N1CCN(C(=O)c2ccc(Cl)cc2Br)CC1. The average Bonchev–Trinajstić information content (AvgIpc) is 2.46. The van der Waals surface area contributed by atoms with Crippen LogP contribution in [0.3, 0.4) is 0 Å². The van der Waals surface area contributed by atoms with Crippen molar-refractivity contribution in [3.05, 3.63) is 33.3 Å². The highest BCUT2D eigenvalue weighted by Gasteiger charge is 2.26. The predicted octanol–water partition coefficient (Wildman–Crippen LogP) is 2.54.